The van der Waals surface area contributed by atoms with E-state index < -0.39 is 0 Å². The Morgan fingerprint density at radius 2 is 1.83 bits per heavy atom. The van der Waals surface area contributed by atoms with Crippen LogP contribution in [0.15, 0.2) is 48.5 Å². The Labute approximate surface area is 113 Å². The maximum Gasteiger partial charge on any atom is 0.0406 e. The van der Waals surface area contributed by atoms with E-state index in [1.54, 1.807) is 0 Å². The summed E-state index contributed by atoms with van der Waals surface area (Å²) in [5, 5.41) is 0.778. The molecule has 1 saturated carbocycles. The van der Waals surface area contributed by atoms with Gasteiger partial charge in [-0.05, 0) is 53.6 Å². The molecule has 1 fully saturated rings. The van der Waals surface area contributed by atoms with Gasteiger partial charge in [-0.3, -0.25) is 0 Å². The number of benzene rings is 2. The lowest BCUT2D eigenvalue weighted by molar-refractivity contribution is 0.810. The quantitative estimate of drug-likeness (QED) is 0.881. The zero-order valence-electron chi connectivity index (χ0n) is 10.1. The SMILES string of the molecule is NC[C@@H]1C[C@H]1c1cccc(-c2ccc(Cl)cc2)c1. The van der Waals surface area contributed by atoms with E-state index in [1.165, 1.54) is 23.1 Å². The number of rotatable bonds is 3. The molecule has 0 bridgehead atoms. The fourth-order valence-corrected chi connectivity index (χ4v) is 2.63. The minimum absolute atomic E-state index is 0.669. The van der Waals surface area contributed by atoms with Crippen LogP contribution in [0.25, 0.3) is 11.1 Å². The first kappa shape index (κ1) is 11.8. The van der Waals surface area contributed by atoms with Crippen LogP contribution in [0.5, 0.6) is 0 Å². The van der Waals surface area contributed by atoms with Gasteiger partial charge in [-0.15, -0.1) is 0 Å². The molecule has 0 spiro atoms. The minimum Gasteiger partial charge on any atom is -0.330 e. The molecular formula is C16H16ClN. The molecule has 0 aromatic heterocycles. The van der Waals surface area contributed by atoms with Gasteiger partial charge in [0.15, 0.2) is 0 Å². The number of hydrogen-bond donors (Lipinski definition) is 1. The summed E-state index contributed by atoms with van der Waals surface area (Å²) in [6, 6.07) is 16.8. The van der Waals surface area contributed by atoms with Gasteiger partial charge in [0.2, 0.25) is 0 Å². The molecule has 18 heavy (non-hydrogen) atoms. The predicted octanol–water partition coefficient (Wildman–Crippen LogP) is 4.07. The highest BCUT2D eigenvalue weighted by atomic mass is 35.5. The highest BCUT2D eigenvalue weighted by Crippen LogP contribution is 2.47. The Morgan fingerprint density at radius 3 is 2.50 bits per heavy atom. The van der Waals surface area contributed by atoms with Crippen LogP contribution in [-0.2, 0) is 0 Å². The second-order valence-electron chi connectivity index (χ2n) is 4.97. The molecule has 0 radical (unpaired) electrons. The van der Waals surface area contributed by atoms with E-state index in [-0.39, 0.29) is 0 Å². The number of hydrogen-bond acceptors (Lipinski definition) is 1. The average molecular weight is 258 g/mol. The van der Waals surface area contributed by atoms with Crippen LogP contribution >= 0.6 is 11.6 Å². The molecule has 0 aliphatic heterocycles. The monoisotopic (exact) mass is 257 g/mol. The Hall–Kier alpha value is -1.31. The highest BCUT2D eigenvalue weighted by molar-refractivity contribution is 6.30. The average Bonchev–Trinajstić information content (AvgIpc) is 3.19. The second-order valence-corrected chi connectivity index (χ2v) is 5.41. The van der Waals surface area contributed by atoms with Crippen LogP contribution in [0.1, 0.15) is 17.9 Å². The number of nitrogens with two attached hydrogens (primary N) is 1. The molecule has 1 aliphatic carbocycles. The zero-order chi connectivity index (χ0) is 12.5. The molecule has 2 N–H and O–H groups in total. The van der Waals surface area contributed by atoms with Crippen molar-refractivity contribution in [2.45, 2.75) is 12.3 Å². The van der Waals surface area contributed by atoms with Crippen LogP contribution in [0, 0.1) is 5.92 Å². The summed E-state index contributed by atoms with van der Waals surface area (Å²) >= 11 is 5.91. The van der Waals surface area contributed by atoms with Gasteiger partial charge in [0, 0.05) is 5.02 Å². The van der Waals surface area contributed by atoms with Gasteiger partial charge in [-0.1, -0.05) is 48.0 Å². The van der Waals surface area contributed by atoms with Crippen molar-refractivity contribution >= 4 is 11.6 Å². The van der Waals surface area contributed by atoms with Crippen LogP contribution in [-0.4, -0.2) is 6.54 Å². The predicted molar refractivity (Wildman–Crippen MR) is 76.8 cm³/mol. The smallest absolute Gasteiger partial charge is 0.0406 e. The molecule has 0 saturated heterocycles. The Bertz CT molecular complexity index is 547. The van der Waals surface area contributed by atoms with E-state index in [9.17, 15) is 0 Å². The fourth-order valence-electron chi connectivity index (χ4n) is 2.51. The van der Waals surface area contributed by atoms with Gasteiger partial charge in [-0.2, -0.15) is 0 Å². The molecular weight excluding hydrogens is 242 g/mol. The molecule has 1 aliphatic rings. The van der Waals surface area contributed by atoms with Gasteiger partial charge in [0.1, 0.15) is 0 Å². The molecule has 0 heterocycles. The first-order chi connectivity index (χ1) is 8.78. The van der Waals surface area contributed by atoms with E-state index in [2.05, 4.69) is 36.4 Å². The third-order valence-electron chi connectivity index (χ3n) is 3.72. The van der Waals surface area contributed by atoms with Gasteiger partial charge < -0.3 is 5.73 Å². The molecule has 2 aromatic carbocycles. The van der Waals surface area contributed by atoms with Crippen LogP contribution in [0.4, 0.5) is 0 Å². The molecule has 3 rings (SSSR count). The molecule has 2 atom stereocenters. The van der Waals surface area contributed by atoms with Crippen molar-refractivity contribution in [2.24, 2.45) is 11.7 Å². The Morgan fingerprint density at radius 1 is 1.06 bits per heavy atom. The molecule has 92 valence electrons. The first-order valence-electron chi connectivity index (χ1n) is 6.34. The molecule has 2 heteroatoms. The van der Waals surface area contributed by atoms with Crippen LogP contribution < -0.4 is 5.73 Å². The molecule has 1 nitrogen and oxygen atoms in total. The lowest BCUT2D eigenvalue weighted by Crippen LogP contribution is -2.01. The summed E-state index contributed by atoms with van der Waals surface area (Å²) in [5.41, 5.74) is 9.60. The third-order valence-corrected chi connectivity index (χ3v) is 3.97. The van der Waals surface area contributed by atoms with E-state index in [1.807, 2.05) is 12.1 Å². The lowest BCUT2D eigenvalue weighted by Gasteiger charge is -2.05. The maximum absolute atomic E-state index is 5.91. The summed E-state index contributed by atoms with van der Waals surface area (Å²) in [6.07, 6.45) is 1.24. The van der Waals surface area contributed by atoms with Gasteiger partial charge in [-0.25, -0.2) is 0 Å². The fraction of sp³-hybridized carbons (Fsp3) is 0.250. The largest absolute Gasteiger partial charge is 0.330 e. The van der Waals surface area contributed by atoms with E-state index in [4.69, 9.17) is 17.3 Å². The van der Waals surface area contributed by atoms with Crippen molar-refractivity contribution < 1.29 is 0 Å². The van der Waals surface area contributed by atoms with Crippen molar-refractivity contribution in [3.05, 3.63) is 59.1 Å². The maximum atomic E-state index is 5.91. The van der Waals surface area contributed by atoms with E-state index >= 15 is 0 Å². The summed E-state index contributed by atoms with van der Waals surface area (Å²) in [6.45, 7) is 0.801. The summed E-state index contributed by atoms with van der Waals surface area (Å²) in [7, 11) is 0. The van der Waals surface area contributed by atoms with Crippen molar-refractivity contribution in [2.75, 3.05) is 6.54 Å². The normalized spacial score (nSPS) is 21.9. The molecule has 0 amide bonds. The topological polar surface area (TPSA) is 26.0 Å². The van der Waals surface area contributed by atoms with Crippen molar-refractivity contribution in [3.63, 3.8) is 0 Å². The van der Waals surface area contributed by atoms with Gasteiger partial charge in [0.25, 0.3) is 0 Å². The van der Waals surface area contributed by atoms with Crippen molar-refractivity contribution in [3.8, 4) is 11.1 Å². The summed E-state index contributed by atoms with van der Waals surface area (Å²) in [4.78, 5) is 0. The van der Waals surface area contributed by atoms with Crippen molar-refractivity contribution in [1.29, 1.82) is 0 Å². The van der Waals surface area contributed by atoms with Crippen molar-refractivity contribution in [1.82, 2.24) is 0 Å². The Balaban J connectivity index is 1.89. The third kappa shape index (κ3) is 2.29. The highest BCUT2D eigenvalue weighted by Gasteiger charge is 2.36. The number of halogens is 1. The molecule has 0 unspecified atom stereocenters. The Kier molecular flexibility index (Phi) is 3.11. The van der Waals surface area contributed by atoms with Gasteiger partial charge in [0.05, 0.1) is 0 Å². The summed E-state index contributed by atoms with van der Waals surface area (Å²) in [5.74, 6) is 1.35. The van der Waals surface area contributed by atoms with Crippen LogP contribution in [0.3, 0.4) is 0 Å². The van der Waals surface area contributed by atoms with Gasteiger partial charge >= 0.3 is 0 Å². The van der Waals surface area contributed by atoms with E-state index in [0.29, 0.717) is 11.8 Å². The van der Waals surface area contributed by atoms with E-state index in [0.717, 1.165) is 11.6 Å². The first-order valence-corrected chi connectivity index (χ1v) is 6.71. The second kappa shape index (κ2) is 4.75. The minimum atomic E-state index is 0.669. The molecule has 2 aromatic rings. The zero-order valence-corrected chi connectivity index (χ0v) is 10.9. The standard InChI is InChI=1S/C16H16ClN/c17-15-6-4-11(5-7-15)12-2-1-3-13(8-12)16-9-14(16)10-18/h1-8,14,16H,9-10,18H2/t14-,16-/m0/s1. The van der Waals surface area contributed by atoms with Crippen LogP contribution in [0.2, 0.25) is 5.02 Å². The summed E-state index contributed by atoms with van der Waals surface area (Å²) < 4.78 is 0. The lowest BCUT2D eigenvalue weighted by atomic mass is 10.0.